The molecule has 0 amide bonds. The average Bonchev–Trinajstić information content (AvgIpc) is 3.97. The molecular formula is C49H25F5N2O2. The fraction of sp³-hybridized carbons (Fsp3) is 0.0204. The van der Waals surface area contributed by atoms with Gasteiger partial charge in [-0.2, -0.15) is 13.2 Å². The summed E-state index contributed by atoms with van der Waals surface area (Å²) in [7, 11) is 0. The zero-order chi connectivity index (χ0) is 39.0. The van der Waals surface area contributed by atoms with Crippen LogP contribution >= 0.6 is 0 Å². The van der Waals surface area contributed by atoms with Gasteiger partial charge in [0, 0.05) is 38.4 Å². The van der Waals surface area contributed by atoms with E-state index in [0.29, 0.717) is 55.2 Å². The van der Waals surface area contributed by atoms with Crippen LogP contribution in [0, 0.1) is 11.6 Å². The van der Waals surface area contributed by atoms with E-state index in [9.17, 15) is 0 Å². The fourth-order valence-corrected chi connectivity index (χ4v) is 9.17. The molecular weight excluding hydrogens is 744 g/mol. The number of nitrogens with zero attached hydrogens (tertiary/aromatic N) is 2. The lowest BCUT2D eigenvalue weighted by Gasteiger charge is -2.23. The molecule has 4 heterocycles. The Morgan fingerprint density at radius 2 is 0.810 bits per heavy atom. The van der Waals surface area contributed by atoms with E-state index in [1.807, 2.05) is 97.1 Å². The lowest BCUT2D eigenvalue weighted by atomic mass is 9.98. The molecule has 8 aromatic carbocycles. The van der Waals surface area contributed by atoms with Gasteiger partial charge in [-0.1, -0.05) is 72.8 Å². The summed E-state index contributed by atoms with van der Waals surface area (Å²) >= 11 is 0. The summed E-state index contributed by atoms with van der Waals surface area (Å²) < 4.78 is 95.8. The molecule has 0 bridgehead atoms. The van der Waals surface area contributed by atoms with Gasteiger partial charge in [0.1, 0.15) is 39.5 Å². The molecule has 0 N–H and O–H groups in total. The highest BCUT2D eigenvalue weighted by Crippen LogP contribution is 2.49. The number of furan rings is 2. The van der Waals surface area contributed by atoms with E-state index in [-0.39, 0.29) is 22.5 Å². The molecule has 0 fully saturated rings. The minimum atomic E-state index is -4.95. The van der Waals surface area contributed by atoms with Gasteiger partial charge in [0.25, 0.3) is 0 Å². The Labute approximate surface area is 324 Å². The van der Waals surface area contributed by atoms with Crippen molar-refractivity contribution in [2.75, 3.05) is 0 Å². The number of benzene rings is 8. The van der Waals surface area contributed by atoms with Crippen LogP contribution in [0.3, 0.4) is 0 Å². The highest BCUT2D eigenvalue weighted by molar-refractivity contribution is 6.26. The lowest BCUT2D eigenvalue weighted by Crippen LogP contribution is -2.16. The molecule has 0 aliphatic rings. The summed E-state index contributed by atoms with van der Waals surface area (Å²) in [4.78, 5) is 0. The van der Waals surface area contributed by atoms with Crippen LogP contribution < -0.4 is 0 Å². The van der Waals surface area contributed by atoms with Crippen molar-refractivity contribution in [1.29, 1.82) is 0 Å². The lowest BCUT2D eigenvalue weighted by molar-refractivity contribution is -0.137. The second kappa shape index (κ2) is 11.6. The number of fused-ring (bicyclic) bond motifs is 14. The van der Waals surface area contributed by atoms with Crippen molar-refractivity contribution in [1.82, 2.24) is 9.13 Å². The molecule has 12 aromatic rings. The van der Waals surface area contributed by atoms with Crippen molar-refractivity contribution in [2.45, 2.75) is 6.18 Å². The Morgan fingerprint density at radius 3 is 1.28 bits per heavy atom. The van der Waals surface area contributed by atoms with Crippen molar-refractivity contribution in [3.63, 3.8) is 0 Å². The molecule has 4 aromatic heterocycles. The van der Waals surface area contributed by atoms with Crippen LogP contribution in [-0.4, -0.2) is 9.13 Å². The Kier molecular flexibility index (Phi) is 6.55. The second-order valence-electron chi connectivity index (χ2n) is 14.6. The summed E-state index contributed by atoms with van der Waals surface area (Å²) in [5, 5.41) is 5.65. The largest absolute Gasteiger partial charge is 0.456 e. The number of aromatic nitrogens is 2. The first-order valence-corrected chi connectivity index (χ1v) is 18.6. The van der Waals surface area contributed by atoms with Gasteiger partial charge in [-0.15, -0.1) is 0 Å². The summed E-state index contributed by atoms with van der Waals surface area (Å²) in [6.07, 6.45) is -4.95. The quantitative estimate of drug-likeness (QED) is 0.168. The number of hydrogen-bond acceptors (Lipinski definition) is 2. The van der Waals surface area contributed by atoms with Crippen LogP contribution in [0.5, 0.6) is 0 Å². The van der Waals surface area contributed by atoms with E-state index < -0.39 is 23.4 Å². The molecule has 0 saturated carbocycles. The Balaban J connectivity index is 1.34. The molecule has 0 unspecified atom stereocenters. The third kappa shape index (κ3) is 4.49. The minimum Gasteiger partial charge on any atom is -0.456 e. The number of para-hydroxylation sites is 4. The number of halogens is 5. The molecule has 12 rings (SSSR count). The van der Waals surface area contributed by atoms with Crippen molar-refractivity contribution < 1.29 is 30.8 Å². The smallest absolute Gasteiger partial charge is 0.420 e. The van der Waals surface area contributed by atoms with Crippen LogP contribution in [0.1, 0.15) is 5.56 Å². The second-order valence-corrected chi connectivity index (χ2v) is 14.6. The maximum Gasteiger partial charge on any atom is 0.420 e. The van der Waals surface area contributed by atoms with Gasteiger partial charge < -0.3 is 18.0 Å². The predicted octanol–water partition coefficient (Wildman–Crippen LogP) is 14.6. The third-order valence-corrected chi connectivity index (χ3v) is 11.4. The molecule has 4 nitrogen and oxygen atoms in total. The molecule has 0 atom stereocenters. The van der Waals surface area contributed by atoms with Gasteiger partial charge >= 0.3 is 6.18 Å². The van der Waals surface area contributed by atoms with Gasteiger partial charge in [-0.05, 0) is 83.9 Å². The van der Waals surface area contributed by atoms with Crippen molar-refractivity contribution in [2.24, 2.45) is 0 Å². The summed E-state index contributed by atoms with van der Waals surface area (Å²) in [5.74, 6) is -1.71. The first-order chi connectivity index (χ1) is 28.2. The normalized spacial score (nSPS) is 12.6. The average molecular weight is 769 g/mol. The monoisotopic (exact) mass is 768 g/mol. The Bertz CT molecular complexity index is 3480. The van der Waals surface area contributed by atoms with Gasteiger partial charge in [0.15, 0.2) is 0 Å². The molecule has 0 aliphatic heterocycles. The van der Waals surface area contributed by atoms with Gasteiger partial charge in [0.2, 0.25) is 0 Å². The molecule has 9 heteroatoms. The zero-order valence-corrected chi connectivity index (χ0v) is 30.0. The maximum atomic E-state index is 16.6. The first kappa shape index (κ1) is 32.8. The topological polar surface area (TPSA) is 36.1 Å². The highest BCUT2D eigenvalue weighted by Gasteiger charge is 2.40. The van der Waals surface area contributed by atoms with Crippen LogP contribution in [0.25, 0.3) is 110 Å². The van der Waals surface area contributed by atoms with Crippen molar-refractivity contribution in [3.05, 3.63) is 169 Å². The van der Waals surface area contributed by atoms with E-state index in [4.69, 9.17) is 8.83 Å². The Hall–Kier alpha value is -7.39. The standard InChI is InChI=1S/C49H25F5N2O2/c50-28-21-26(22-29(51)25-28)27-23-38(55-36-13-5-1-9-30(36)32-17-19-42-44(47(32)55)34-11-3-7-15-40(34)57-42)46(49(52,53)54)39(24-27)56-37-14-6-2-10-31(37)33-18-20-43-45(48(33)56)35-12-4-8-16-41(35)58-43/h1-25H. The van der Waals surface area contributed by atoms with E-state index in [2.05, 4.69) is 0 Å². The number of alkyl halides is 3. The SMILES string of the molecule is Fc1cc(F)cc(-c2cc(-n3c4ccccc4c4ccc5oc6ccccc6c5c43)c(C(F)(F)F)c(-n3c4ccccc4c4ccc5oc6ccccc6c5c43)c2)c1. The highest BCUT2D eigenvalue weighted by atomic mass is 19.4. The minimum absolute atomic E-state index is 0.0769. The predicted molar refractivity (Wildman–Crippen MR) is 220 cm³/mol. The fourth-order valence-electron chi connectivity index (χ4n) is 9.17. The molecule has 0 aliphatic carbocycles. The summed E-state index contributed by atoms with van der Waals surface area (Å²) in [6.45, 7) is 0. The van der Waals surface area contributed by atoms with Gasteiger partial charge in [-0.25, -0.2) is 8.78 Å². The van der Waals surface area contributed by atoms with Crippen LogP contribution in [0.2, 0.25) is 0 Å². The summed E-state index contributed by atoms with van der Waals surface area (Å²) in [6, 6.07) is 42.7. The molecule has 0 saturated heterocycles. The third-order valence-electron chi connectivity index (χ3n) is 11.4. The van der Waals surface area contributed by atoms with Crippen LogP contribution in [0.15, 0.2) is 160 Å². The maximum absolute atomic E-state index is 16.6. The van der Waals surface area contributed by atoms with E-state index in [1.165, 1.54) is 12.1 Å². The Morgan fingerprint density at radius 1 is 0.397 bits per heavy atom. The van der Waals surface area contributed by atoms with Crippen LogP contribution in [0.4, 0.5) is 22.0 Å². The van der Waals surface area contributed by atoms with Crippen LogP contribution in [-0.2, 0) is 6.18 Å². The molecule has 58 heavy (non-hydrogen) atoms. The van der Waals surface area contributed by atoms with E-state index >= 15 is 22.0 Å². The van der Waals surface area contributed by atoms with E-state index in [0.717, 1.165) is 50.5 Å². The van der Waals surface area contributed by atoms with E-state index in [1.54, 1.807) is 33.4 Å². The number of hydrogen-bond donors (Lipinski definition) is 0. The molecule has 0 spiro atoms. The van der Waals surface area contributed by atoms with Crippen molar-refractivity contribution in [3.8, 4) is 22.5 Å². The van der Waals surface area contributed by atoms with Crippen molar-refractivity contribution >= 4 is 87.5 Å². The first-order valence-electron chi connectivity index (χ1n) is 18.6. The zero-order valence-electron chi connectivity index (χ0n) is 30.0. The summed E-state index contributed by atoms with van der Waals surface area (Å²) in [5.41, 5.74) is 3.11. The van der Waals surface area contributed by atoms with Gasteiger partial charge in [0.05, 0.1) is 44.2 Å². The number of rotatable bonds is 3. The molecule has 0 radical (unpaired) electrons. The van der Waals surface area contributed by atoms with Gasteiger partial charge in [-0.3, -0.25) is 0 Å². The molecule has 278 valence electrons.